The number of halogens is 1. The Labute approximate surface area is 158 Å². The molecule has 0 bridgehead atoms. The molecule has 3 rings (SSSR count). The summed E-state index contributed by atoms with van der Waals surface area (Å²) in [6, 6.07) is 8.81. The predicted molar refractivity (Wildman–Crippen MR) is 101 cm³/mol. The average Bonchev–Trinajstić information content (AvgIpc) is 3.18. The fraction of sp³-hybridized carbons (Fsp3) is 0.400. The van der Waals surface area contributed by atoms with Gasteiger partial charge in [-0.1, -0.05) is 0 Å². The van der Waals surface area contributed by atoms with Gasteiger partial charge < -0.3 is 19.7 Å². The van der Waals surface area contributed by atoms with Crippen LogP contribution in [0.2, 0.25) is 0 Å². The quantitative estimate of drug-likeness (QED) is 0.779. The van der Waals surface area contributed by atoms with Crippen LogP contribution in [0, 0.1) is 5.82 Å². The van der Waals surface area contributed by atoms with Gasteiger partial charge in [-0.2, -0.15) is 0 Å². The van der Waals surface area contributed by atoms with Crippen molar-refractivity contribution in [3.63, 3.8) is 0 Å². The average molecular weight is 373 g/mol. The van der Waals surface area contributed by atoms with E-state index in [0.717, 1.165) is 32.3 Å². The minimum Gasteiger partial charge on any atom is -0.437 e. The molecule has 1 aromatic carbocycles. The van der Waals surface area contributed by atoms with Crippen molar-refractivity contribution in [3.8, 4) is 11.6 Å². The Morgan fingerprint density at radius 1 is 1.37 bits per heavy atom. The second-order valence-electron chi connectivity index (χ2n) is 6.54. The van der Waals surface area contributed by atoms with Crippen molar-refractivity contribution >= 4 is 11.7 Å². The lowest BCUT2D eigenvalue weighted by atomic mass is 10.1. The second kappa shape index (κ2) is 9.32. The van der Waals surface area contributed by atoms with E-state index in [0.29, 0.717) is 24.1 Å². The Balaban J connectivity index is 1.54. The molecule has 1 atom stereocenters. The topological polar surface area (TPSA) is 63.7 Å². The molecule has 1 aliphatic heterocycles. The number of benzene rings is 1. The lowest BCUT2D eigenvalue weighted by Crippen LogP contribution is -2.32. The highest BCUT2D eigenvalue weighted by molar-refractivity contribution is 5.90. The van der Waals surface area contributed by atoms with Crippen molar-refractivity contribution in [2.45, 2.75) is 31.8 Å². The summed E-state index contributed by atoms with van der Waals surface area (Å²) >= 11 is 0. The fourth-order valence-corrected chi connectivity index (χ4v) is 2.92. The zero-order valence-corrected chi connectivity index (χ0v) is 15.4. The van der Waals surface area contributed by atoms with Crippen LogP contribution in [0.15, 0.2) is 42.6 Å². The summed E-state index contributed by atoms with van der Waals surface area (Å²) in [5.74, 6) is 0.349. The summed E-state index contributed by atoms with van der Waals surface area (Å²) in [6.07, 6.45) is 5.98. The largest absolute Gasteiger partial charge is 0.437 e. The predicted octanol–water partition coefficient (Wildman–Crippen LogP) is 4.44. The maximum absolute atomic E-state index is 13.0. The number of aromatic nitrogens is 1. The van der Waals surface area contributed by atoms with Crippen LogP contribution in [0.4, 0.5) is 14.9 Å². The van der Waals surface area contributed by atoms with E-state index in [2.05, 4.69) is 10.3 Å². The molecule has 0 radical (unpaired) electrons. The molecule has 0 spiro atoms. The maximum atomic E-state index is 13.0. The lowest BCUT2D eigenvalue weighted by Gasteiger charge is -2.19. The highest BCUT2D eigenvalue weighted by Gasteiger charge is 2.17. The first-order chi connectivity index (χ1) is 13.1. The van der Waals surface area contributed by atoms with E-state index in [1.54, 1.807) is 30.3 Å². The number of carbonyl (C=O) groups excluding carboxylic acids is 1. The molecule has 0 unspecified atom stereocenters. The van der Waals surface area contributed by atoms with Gasteiger partial charge in [0.15, 0.2) is 0 Å². The number of hydrogen-bond donors (Lipinski definition) is 1. The summed E-state index contributed by atoms with van der Waals surface area (Å²) in [5, 5.41) is 2.81. The van der Waals surface area contributed by atoms with Gasteiger partial charge in [0.2, 0.25) is 5.88 Å². The number of carbonyl (C=O) groups is 1. The third-order valence-electron chi connectivity index (χ3n) is 4.43. The van der Waals surface area contributed by atoms with Crippen molar-refractivity contribution < 1.29 is 18.7 Å². The van der Waals surface area contributed by atoms with Crippen LogP contribution in [0.1, 0.15) is 25.7 Å². The van der Waals surface area contributed by atoms with Crippen LogP contribution < -0.4 is 10.1 Å². The molecule has 2 heterocycles. The van der Waals surface area contributed by atoms with Gasteiger partial charge >= 0.3 is 6.03 Å². The van der Waals surface area contributed by atoms with E-state index >= 15 is 0 Å². The van der Waals surface area contributed by atoms with Gasteiger partial charge in [-0.25, -0.2) is 14.2 Å². The number of urea groups is 1. The highest BCUT2D eigenvalue weighted by atomic mass is 19.1. The molecule has 1 aliphatic rings. The lowest BCUT2D eigenvalue weighted by molar-refractivity contribution is 0.101. The van der Waals surface area contributed by atoms with Gasteiger partial charge in [0, 0.05) is 26.4 Å². The molecule has 27 heavy (non-hydrogen) atoms. The zero-order valence-electron chi connectivity index (χ0n) is 15.4. The number of anilines is 1. The third kappa shape index (κ3) is 5.65. The molecule has 0 saturated carbocycles. The standard InChI is InChI=1S/C20H24FN3O3/c1-24(13-3-5-16-6-4-14-26-16)20(25)23-18-7-2-12-22-19(18)27-17-10-8-15(21)9-11-17/h2,7-12,16H,3-6,13-14H2,1H3,(H,23,25)/t16-/m1/s1. The van der Waals surface area contributed by atoms with Gasteiger partial charge in [0.1, 0.15) is 17.3 Å². The number of hydrogen-bond acceptors (Lipinski definition) is 4. The van der Waals surface area contributed by atoms with E-state index < -0.39 is 0 Å². The van der Waals surface area contributed by atoms with E-state index in [1.807, 2.05) is 0 Å². The van der Waals surface area contributed by atoms with Crippen LogP contribution in [-0.4, -0.2) is 42.2 Å². The third-order valence-corrected chi connectivity index (χ3v) is 4.43. The highest BCUT2D eigenvalue weighted by Crippen LogP contribution is 2.27. The van der Waals surface area contributed by atoms with Gasteiger partial charge in [-0.15, -0.1) is 0 Å². The second-order valence-corrected chi connectivity index (χ2v) is 6.54. The fourth-order valence-electron chi connectivity index (χ4n) is 2.92. The number of ether oxygens (including phenoxy) is 2. The van der Waals surface area contributed by atoms with Crippen molar-refractivity contribution in [2.75, 3.05) is 25.5 Å². The Morgan fingerprint density at radius 3 is 2.93 bits per heavy atom. The molecule has 0 aliphatic carbocycles. The Hall–Kier alpha value is -2.67. The normalized spacial score (nSPS) is 16.1. The van der Waals surface area contributed by atoms with E-state index in [1.165, 1.54) is 24.3 Å². The molecular formula is C20H24FN3O3. The number of nitrogens with one attached hydrogen (secondary N) is 1. The van der Waals surface area contributed by atoms with Crippen LogP contribution in [0.5, 0.6) is 11.6 Å². The first kappa shape index (κ1) is 19.1. The van der Waals surface area contributed by atoms with Gasteiger partial charge in [0.05, 0.1) is 6.10 Å². The molecule has 2 amide bonds. The van der Waals surface area contributed by atoms with Gasteiger partial charge in [0.25, 0.3) is 0 Å². The zero-order chi connectivity index (χ0) is 19.1. The summed E-state index contributed by atoms with van der Waals surface area (Å²) in [6.45, 7) is 1.49. The summed E-state index contributed by atoms with van der Waals surface area (Å²) in [5.41, 5.74) is 0.456. The van der Waals surface area contributed by atoms with Crippen molar-refractivity contribution in [1.82, 2.24) is 9.88 Å². The molecule has 144 valence electrons. The first-order valence-electron chi connectivity index (χ1n) is 9.14. The minimum absolute atomic E-state index is 0.237. The van der Waals surface area contributed by atoms with Crippen molar-refractivity contribution in [2.24, 2.45) is 0 Å². The van der Waals surface area contributed by atoms with Crippen LogP contribution in [0.3, 0.4) is 0 Å². The van der Waals surface area contributed by atoms with E-state index in [-0.39, 0.29) is 17.7 Å². The molecule has 7 heteroatoms. The van der Waals surface area contributed by atoms with Crippen molar-refractivity contribution in [1.29, 1.82) is 0 Å². The van der Waals surface area contributed by atoms with E-state index in [4.69, 9.17) is 9.47 Å². The summed E-state index contributed by atoms with van der Waals surface area (Å²) in [7, 11) is 1.75. The van der Waals surface area contributed by atoms with Crippen LogP contribution in [0.25, 0.3) is 0 Å². The van der Waals surface area contributed by atoms with Gasteiger partial charge in [-0.3, -0.25) is 0 Å². The number of rotatable bonds is 7. The molecule has 2 aromatic rings. The van der Waals surface area contributed by atoms with Crippen molar-refractivity contribution in [3.05, 3.63) is 48.4 Å². The molecular weight excluding hydrogens is 349 g/mol. The number of pyridine rings is 1. The molecule has 1 fully saturated rings. The monoisotopic (exact) mass is 373 g/mol. The smallest absolute Gasteiger partial charge is 0.321 e. The number of amides is 2. The summed E-state index contributed by atoms with van der Waals surface area (Å²) < 4.78 is 24.3. The van der Waals surface area contributed by atoms with Crippen LogP contribution in [-0.2, 0) is 4.74 Å². The maximum Gasteiger partial charge on any atom is 0.321 e. The Morgan fingerprint density at radius 2 is 2.19 bits per heavy atom. The van der Waals surface area contributed by atoms with Crippen LogP contribution >= 0.6 is 0 Å². The molecule has 1 aromatic heterocycles. The first-order valence-corrected chi connectivity index (χ1v) is 9.14. The van der Waals surface area contributed by atoms with E-state index in [9.17, 15) is 9.18 Å². The molecule has 6 nitrogen and oxygen atoms in total. The number of nitrogens with zero attached hydrogens (tertiary/aromatic N) is 2. The summed E-state index contributed by atoms with van der Waals surface area (Å²) in [4.78, 5) is 18.2. The van der Waals surface area contributed by atoms with Gasteiger partial charge in [-0.05, 0) is 62.1 Å². The minimum atomic E-state index is -0.346. The molecule has 1 N–H and O–H groups in total. The Bertz CT molecular complexity index is 748. The molecule has 1 saturated heterocycles. The Kier molecular flexibility index (Phi) is 6.59. The SMILES string of the molecule is CN(CCC[C@@H]1CCCO1)C(=O)Nc1cccnc1Oc1ccc(F)cc1.